The van der Waals surface area contributed by atoms with Gasteiger partial charge in [0.25, 0.3) is 5.91 Å². The second-order valence-electron chi connectivity index (χ2n) is 6.92. The van der Waals surface area contributed by atoms with E-state index >= 15 is 0 Å². The van der Waals surface area contributed by atoms with Gasteiger partial charge in [-0.3, -0.25) is 20.3 Å². The first-order chi connectivity index (χ1) is 14.0. The minimum Gasteiger partial charge on any atom is -0.493 e. The lowest BCUT2D eigenvalue weighted by molar-refractivity contribution is -0.385. The van der Waals surface area contributed by atoms with Gasteiger partial charge in [0.2, 0.25) is 5.75 Å². The maximum absolute atomic E-state index is 12.3. The Morgan fingerprint density at radius 2 is 1.70 bits per heavy atom. The molecule has 0 saturated heterocycles. The summed E-state index contributed by atoms with van der Waals surface area (Å²) in [4.78, 5) is 34.5. The fourth-order valence-corrected chi connectivity index (χ4v) is 2.38. The van der Waals surface area contributed by atoms with E-state index in [1.54, 1.807) is 20.8 Å². The van der Waals surface area contributed by atoms with Crippen LogP contribution < -0.4 is 20.3 Å². The summed E-state index contributed by atoms with van der Waals surface area (Å²) in [6, 6.07) is 8.10. The van der Waals surface area contributed by atoms with E-state index in [2.05, 4.69) is 10.9 Å². The summed E-state index contributed by atoms with van der Waals surface area (Å²) >= 11 is 5.80. The molecule has 0 fully saturated rings. The number of halogens is 1. The van der Waals surface area contributed by atoms with E-state index in [9.17, 15) is 19.7 Å². The van der Waals surface area contributed by atoms with Crippen LogP contribution in [0.25, 0.3) is 0 Å². The van der Waals surface area contributed by atoms with Crippen LogP contribution in [0.15, 0.2) is 36.4 Å². The summed E-state index contributed by atoms with van der Waals surface area (Å²) < 4.78 is 15.8. The highest BCUT2D eigenvalue weighted by molar-refractivity contribution is 6.30. The summed E-state index contributed by atoms with van der Waals surface area (Å²) in [5, 5.41) is 11.4. The molecule has 2 aromatic rings. The summed E-state index contributed by atoms with van der Waals surface area (Å²) in [6.45, 7) is 5.05. The molecule has 160 valence electrons. The van der Waals surface area contributed by atoms with E-state index in [1.165, 1.54) is 37.4 Å². The molecule has 2 N–H and O–H groups in total. The van der Waals surface area contributed by atoms with Crippen molar-refractivity contribution in [1.82, 2.24) is 10.9 Å². The maximum Gasteiger partial charge on any atom is 0.426 e. The highest BCUT2D eigenvalue weighted by atomic mass is 35.5. The van der Waals surface area contributed by atoms with E-state index in [0.717, 1.165) is 6.07 Å². The molecule has 0 heterocycles. The zero-order valence-electron chi connectivity index (χ0n) is 16.6. The van der Waals surface area contributed by atoms with Gasteiger partial charge < -0.3 is 14.2 Å². The molecule has 0 aliphatic heterocycles. The quantitative estimate of drug-likeness (QED) is 0.529. The van der Waals surface area contributed by atoms with Crippen LogP contribution in [0.3, 0.4) is 0 Å². The van der Waals surface area contributed by atoms with Crippen LogP contribution in [0.5, 0.6) is 17.2 Å². The highest BCUT2D eigenvalue weighted by Gasteiger charge is 2.20. The number of rotatable bonds is 5. The second kappa shape index (κ2) is 9.31. The number of nitrogens with one attached hydrogen (secondary N) is 2. The predicted molar refractivity (Wildman–Crippen MR) is 108 cm³/mol. The van der Waals surface area contributed by atoms with E-state index in [4.69, 9.17) is 25.8 Å². The topological polar surface area (TPSA) is 129 Å². The van der Waals surface area contributed by atoms with Crippen molar-refractivity contribution in [3.05, 3.63) is 57.1 Å². The Morgan fingerprint density at radius 1 is 1.03 bits per heavy atom. The molecule has 0 aromatic heterocycles. The lowest BCUT2D eigenvalue weighted by Crippen LogP contribution is -2.44. The van der Waals surface area contributed by atoms with Crippen molar-refractivity contribution < 1.29 is 28.7 Å². The molecule has 2 amide bonds. The van der Waals surface area contributed by atoms with Crippen LogP contribution in [0.2, 0.25) is 5.02 Å². The third kappa shape index (κ3) is 6.24. The number of carbonyl (C=O) groups excluding carboxylic acids is 2. The SMILES string of the molecule is COc1cc(C(=O)NNC(=O)OC(C)(C)C)ccc1Oc1ccc(Cl)cc1[N+](=O)[O-]. The minimum atomic E-state index is -0.821. The molecule has 0 spiro atoms. The fourth-order valence-electron chi connectivity index (χ4n) is 2.21. The van der Waals surface area contributed by atoms with Gasteiger partial charge in [-0.05, 0) is 51.1 Å². The minimum absolute atomic E-state index is 0.0495. The standard InChI is InChI=1S/C19H20ClN3O7/c1-19(2,3)30-18(25)22-21-17(24)11-5-7-15(16(9-11)28-4)29-14-8-6-12(20)10-13(14)23(26)27/h5-10H,1-4H3,(H,21,24)(H,22,25). The number of carbonyl (C=O) groups is 2. The van der Waals surface area contributed by atoms with Crippen molar-refractivity contribution in [3.8, 4) is 17.2 Å². The number of methoxy groups -OCH3 is 1. The van der Waals surface area contributed by atoms with Crippen LogP contribution in [0.1, 0.15) is 31.1 Å². The molecule has 0 unspecified atom stereocenters. The average Bonchev–Trinajstić information content (AvgIpc) is 2.66. The highest BCUT2D eigenvalue weighted by Crippen LogP contribution is 2.37. The molecular formula is C19H20ClN3O7. The number of nitrogens with zero attached hydrogens (tertiary/aromatic N) is 1. The van der Waals surface area contributed by atoms with Crippen molar-refractivity contribution in [2.45, 2.75) is 26.4 Å². The number of nitro groups is 1. The number of hydrazine groups is 1. The van der Waals surface area contributed by atoms with Crippen molar-refractivity contribution in [2.75, 3.05) is 7.11 Å². The smallest absolute Gasteiger partial charge is 0.426 e. The van der Waals surface area contributed by atoms with Crippen LogP contribution >= 0.6 is 11.6 Å². The van der Waals surface area contributed by atoms with E-state index in [-0.39, 0.29) is 33.5 Å². The largest absolute Gasteiger partial charge is 0.493 e. The zero-order chi connectivity index (χ0) is 22.5. The van der Waals surface area contributed by atoms with Gasteiger partial charge in [0.1, 0.15) is 5.60 Å². The Morgan fingerprint density at radius 3 is 2.30 bits per heavy atom. The van der Waals surface area contributed by atoms with E-state index < -0.39 is 22.5 Å². The van der Waals surface area contributed by atoms with Crippen molar-refractivity contribution in [2.24, 2.45) is 0 Å². The first-order valence-electron chi connectivity index (χ1n) is 8.59. The number of hydrogen-bond donors (Lipinski definition) is 2. The number of hydrogen-bond acceptors (Lipinski definition) is 7. The summed E-state index contributed by atoms with van der Waals surface area (Å²) in [5.41, 5.74) is 3.44. The molecule has 2 rings (SSSR count). The van der Waals surface area contributed by atoms with Crippen LogP contribution in [-0.2, 0) is 4.74 Å². The summed E-state index contributed by atoms with van der Waals surface area (Å²) in [5.74, 6) is -0.404. The van der Waals surface area contributed by atoms with Gasteiger partial charge in [-0.15, -0.1) is 0 Å². The van der Waals surface area contributed by atoms with Gasteiger partial charge in [0, 0.05) is 16.7 Å². The van der Waals surface area contributed by atoms with Gasteiger partial charge in [0.15, 0.2) is 11.5 Å². The molecular weight excluding hydrogens is 418 g/mol. The predicted octanol–water partition coefficient (Wildman–Crippen LogP) is 4.22. The normalized spacial score (nSPS) is 10.7. The molecule has 2 aromatic carbocycles. The van der Waals surface area contributed by atoms with Gasteiger partial charge in [-0.2, -0.15) is 0 Å². The molecule has 0 saturated carbocycles. The molecule has 30 heavy (non-hydrogen) atoms. The first-order valence-corrected chi connectivity index (χ1v) is 8.97. The Hall–Kier alpha value is -3.53. The number of ether oxygens (including phenoxy) is 3. The molecule has 11 heteroatoms. The Balaban J connectivity index is 2.16. The molecule has 0 aliphatic rings. The Labute approximate surface area is 177 Å². The van der Waals surface area contributed by atoms with Crippen LogP contribution in [0, 0.1) is 10.1 Å². The van der Waals surface area contributed by atoms with Crippen molar-refractivity contribution >= 4 is 29.3 Å². The molecule has 0 atom stereocenters. The maximum atomic E-state index is 12.3. The Bertz CT molecular complexity index is 973. The molecule has 0 aliphatic carbocycles. The molecule has 0 radical (unpaired) electrons. The third-order valence-electron chi connectivity index (χ3n) is 3.44. The van der Waals surface area contributed by atoms with Gasteiger partial charge in [0.05, 0.1) is 12.0 Å². The van der Waals surface area contributed by atoms with Crippen LogP contribution in [0.4, 0.5) is 10.5 Å². The van der Waals surface area contributed by atoms with Gasteiger partial charge in [-0.1, -0.05) is 11.6 Å². The fraction of sp³-hybridized carbons (Fsp3) is 0.263. The van der Waals surface area contributed by atoms with Crippen LogP contribution in [-0.4, -0.2) is 29.6 Å². The Kier molecular flexibility index (Phi) is 7.06. The number of benzene rings is 2. The first kappa shape index (κ1) is 22.8. The van der Waals surface area contributed by atoms with Gasteiger partial charge >= 0.3 is 11.8 Å². The lowest BCUT2D eigenvalue weighted by atomic mass is 10.2. The van der Waals surface area contributed by atoms with Gasteiger partial charge in [-0.25, -0.2) is 10.2 Å². The van der Waals surface area contributed by atoms with Crippen molar-refractivity contribution in [1.29, 1.82) is 0 Å². The molecule has 10 nitrogen and oxygen atoms in total. The van der Waals surface area contributed by atoms with E-state index in [1.807, 2.05) is 0 Å². The number of nitro benzene ring substituents is 1. The number of amides is 2. The van der Waals surface area contributed by atoms with E-state index in [0.29, 0.717) is 0 Å². The molecule has 0 bridgehead atoms. The average molecular weight is 438 g/mol. The summed E-state index contributed by atoms with van der Waals surface area (Å²) in [7, 11) is 1.35. The van der Waals surface area contributed by atoms with Crippen molar-refractivity contribution in [3.63, 3.8) is 0 Å². The second-order valence-corrected chi connectivity index (χ2v) is 7.35. The third-order valence-corrected chi connectivity index (χ3v) is 3.68. The summed E-state index contributed by atoms with van der Waals surface area (Å²) in [6.07, 6.45) is -0.821. The monoisotopic (exact) mass is 437 g/mol. The zero-order valence-corrected chi connectivity index (χ0v) is 17.4. The lowest BCUT2D eigenvalue weighted by Gasteiger charge is -2.19.